The number of carbonyl (C=O) groups excluding carboxylic acids is 1. The van der Waals surface area contributed by atoms with Crippen molar-refractivity contribution >= 4 is 11.9 Å². The lowest BCUT2D eigenvalue weighted by Gasteiger charge is -2.09. The number of hydrogen-bond acceptors (Lipinski definition) is 5. The van der Waals surface area contributed by atoms with Gasteiger partial charge in [0.1, 0.15) is 23.0 Å². The van der Waals surface area contributed by atoms with Gasteiger partial charge in [-0.1, -0.05) is 0 Å². The van der Waals surface area contributed by atoms with Crippen molar-refractivity contribution in [2.75, 3.05) is 21.3 Å². The second kappa shape index (κ2) is 6.28. The number of carbonyl (C=O) groups is 1. The Kier molecular flexibility index (Phi) is 4.16. The summed E-state index contributed by atoms with van der Waals surface area (Å²) in [6.45, 7) is 1.86. The summed E-state index contributed by atoms with van der Waals surface area (Å²) >= 11 is 0. The fraction of sp³-hybridized carbons (Fsp3) is 0.211. The molecule has 0 spiro atoms. The van der Waals surface area contributed by atoms with E-state index in [1.54, 1.807) is 51.7 Å². The third-order valence-electron chi connectivity index (χ3n) is 3.98. The molecule has 0 aromatic heterocycles. The van der Waals surface area contributed by atoms with E-state index in [1.165, 1.54) is 0 Å². The van der Waals surface area contributed by atoms with Gasteiger partial charge in [-0.2, -0.15) is 0 Å². The molecule has 0 fully saturated rings. The second-order valence-electron chi connectivity index (χ2n) is 5.32. The highest BCUT2D eigenvalue weighted by Crippen LogP contribution is 2.39. The van der Waals surface area contributed by atoms with Crippen molar-refractivity contribution in [3.8, 4) is 23.0 Å². The van der Waals surface area contributed by atoms with Crippen LogP contribution < -0.4 is 18.9 Å². The molecular formula is C19H18O5. The lowest BCUT2D eigenvalue weighted by atomic mass is 10.1. The van der Waals surface area contributed by atoms with Gasteiger partial charge < -0.3 is 18.9 Å². The second-order valence-corrected chi connectivity index (χ2v) is 5.32. The van der Waals surface area contributed by atoms with Crippen molar-refractivity contribution in [3.63, 3.8) is 0 Å². The van der Waals surface area contributed by atoms with Crippen LogP contribution in [0.2, 0.25) is 0 Å². The summed E-state index contributed by atoms with van der Waals surface area (Å²) in [5.74, 6) is 2.60. The van der Waals surface area contributed by atoms with E-state index in [1.807, 2.05) is 13.0 Å². The first kappa shape index (κ1) is 15.9. The highest BCUT2D eigenvalue weighted by molar-refractivity contribution is 6.15. The summed E-state index contributed by atoms with van der Waals surface area (Å²) in [7, 11) is 4.74. The Morgan fingerprint density at radius 3 is 2.38 bits per heavy atom. The number of rotatable bonds is 4. The van der Waals surface area contributed by atoms with Crippen molar-refractivity contribution in [2.24, 2.45) is 0 Å². The first-order chi connectivity index (χ1) is 11.6. The van der Waals surface area contributed by atoms with Gasteiger partial charge in [-0.15, -0.1) is 0 Å². The molecule has 0 radical (unpaired) electrons. The maximum absolute atomic E-state index is 12.6. The Morgan fingerprint density at radius 2 is 1.71 bits per heavy atom. The Balaban J connectivity index is 2.02. The molecule has 5 heteroatoms. The third kappa shape index (κ3) is 2.58. The Morgan fingerprint density at radius 1 is 0.958 bits per heavy atom. The minimum atomic E-state index is -0.159. The topological polar surface area (TPSA) is 54.0 Å². The molecule has 124 valence electrons. The molecule has 5 nitrogen and oxygen atoms in total. The molecule has 0 N–H and O–H groups in total. The molecule has 0 saturated heterocycles. The molecule has 0 aliphatic carbocycles. The number of ketones is 1. The summed E-state index contributed by atoms with van der Waals surface area (Å²) in [6, 6.07) is 8.86. The zero-order valence-corrected chi connectivity index (χ0v) is 14.0. The standard InChI is InChI=1S/C19H18O5/c1-11-15(22-3)8-7-14-18(20)17(24-19(11)14)9-12-5-6-13(21-2)10-16(12)23-4/h5-10H,1-4H3/b17-9-. The molecule has 0 atom stereocenters. The lowest BCUT2D eigenvalue weighted by molar-refractivity contribution is 0.101. The van der Waals surface area contributed by atoms with E-state index >= 15 is 0 Å². The van der Waals surface area contributed by atoms with E-state index in [0.717, 1.165) is 11.1 Å². The van der Waals surface area contributed by atoms with E-state index in [0.29, 0.717) is 28.6 Å². The minimum absolute atomic E-state index is 0.159. The summed E-state index contributed by atoms with van der Waals surface area (Å²) in [5, 5.41) is 0. The van der Waals surface area contributed by atoms with E-state index in [-0.39, 0.29) is 11.5 Å². The number of ether oxygens (including phenoxy) is 4. The number of methoxy groups -OCH3 is 3. The van der Waals surface area contributed by atoms with Gasteiger partial charge in [0.15, 0.2) is 5.76 Å². The van der Waals surface area contributed by atoms with Crippen LogP contribution in [0.15, 0.2) is 36.1 Å². The molecule has 2 aromatic rings. The van der Waals surface area contributed by atoms with Gasteiger partial charge in [0.25, 0.3) is 0 Å². The molecule has 3 rings (SSSR count). The van der Waals surface area contributed by atoms with Crippen LogP contribution in [0.4, 0.5) is 0 Å². The molecule has 0 amide bonds. The fourth-order valence-electron chi connectivity index (χ4n) is 2.67. The SMILES string of the molecule is COc1ccc(/C=C2\Oc3c(ccc(OC)c3C)C2=O)c(OC)c1. The zero-order valence-electron chi connectivity index (χ0n) is 14.0. The van der Waals surface area contributed by atoms with E-state index < -0.39 is 0 Å². The monoisotopic (exact) mass is 326 g/mol. The summed E-state index contributed by atoms with van der Waals surface area (Å²) in [6.07, 6.45) is 1.67. The van der Waals surface area contributed by atoms with Crippen LogP contribution in [-0.4, -0.2) is 27.1 Å². The minimum Gasteiger partial charge on any atom is -0.497 e. The van der Waals surface area contributed by atoms with E-state index in [2.05, 4.69) is 0 Å². The molecule has 0 unspecified atom stereocenters. The summed E-state index contributed by atoms with van der Waals surface area (Å²) in [5.41, 5.74) is 2.07. The van der Waals surface area contributed by atoms with Gasteiger partial charge in [-0.25, -0.2) is 0 Å². The highest BCUT2D eigenvalue weighted by atomic mass is 16.5. The van der Waals surface area contributed by atoms with Crippen LogP contribution in [0.25, 0.3) is 6.08 Å². The molecule has 1 aliphatic rings. The fourth-order valence-corrected chi connectivity index (χ4v) is 2.67. The molecular weight excluding hydrogens is 308 g/mol. The van der Waals surface area contributed by atoms with Gasteiger partial charge in [0.2, 0.25) is 5.78 Å². The Bertz CT molecular complexity index is 836. The Labute approximate surface area is 140 Å². The maximum atomic E-state index is 12.6. The van der Waals surface area contributed by atoms with Crippen LogP contribution >= 0.6 is 0 Å². The number of fused-ring (bicyclic) bond motifs is 1. The van der Waals surface area contributed by atoms with Crippen LogP contribution in [0.5, 0.6) is 23.0 Å². The number of Topliss-reactive ketones (excluding diaryl/α,β-unsaturated/α-hetero) is 1. The first-order valence-corrected chi connectivity index (χ1v) is 7.43. The van der Waals surface area contributed by atoms with Crippen LogP contribution in [0, 0.1) is 6.92 Å². The molecule has 0 saturated carbocycles. The van der Waals surface area contributed by atoms with Crippen LogP contribution in [0.3, 0.4) is 0 Å². The normalized spacial score (nSPS) is 14.3. The molecule has 2 aromatic carbocycles. The lowest BCUT2D eigenvalue weighted by Crippen LogP contribution is -1.99. The van der Waals surface area contributed by atoms with Crippen molar-refractivity contribution in [2.45, 2.75) is 6.92 Å². The van der Waals surface area contributed by atoms with Gasteiger partial charge in [-0.05, 0) is 37.3 Å². The molecule has 1 heterocycles. The third-order valence-corrected chi connectivity index (χ3v) is 3.98. The van der Waals surface area contributed by atoms with E-state index in [4.69, 9.17) is 18.9 Å². The van der Waals surface area contributed by atoms with Crippen molar-refractivity contribution < 1.29 is 23.7 Å². The predicted molar refractivity (Wildman–Crippen MR) is 90.2 cm³/mol. The number of allylic oxidation sites excluding steroid dienone is 1. The predicted octanol–water partition coefficient (Wildman–Crippen LogP) is 3.64. The van der Waals surface area contributed by atoms with E-state index in [9.17, 15) is 4.79 Å². The highest BCUT2D eigenvalue weighted by Gasteiger charge is 2.30. The van der Waals surface area contributed by atoms with Gasteiger partial charge in [0.05, 0.1) is 26.9 Å². The zero-order chi connectivity index (χ0) is 17.3. The molecule has 1 aliphatic heterocycles. The van der Waals surface area contributed by atoms with Crippen molar-refractivity contribution in [1.82, 2.24) is 0 Å². The average molecular weight is 326 g/mol. The average Bonchev–Trinajstić information content (AvgIpc) is 2.92. The summed E-state index contributed by atoms with van der Waals surface area (Å²) in [4.78, 5) is 12.6. The maximum Gasteiger partial charge on any atom is 0.231 e. The largest absolute Gasteiger partial charge is 0.497 e. The van der Waals surface area contributed by atoms with Gasteiger partial charge >= 0.3 is 0 Å². The first-order valence-electron chi connectivity index (χ1n) is 7.43. The van der Waals surface area contributed by atoms with Crippen molar-refractivity contribution in [1.29, 1.82) is 0 Å². The number of benzene rings is 2. The van der Waals surface area contributed by atoms with Gasteiger partial charge in [0, 0.05) is 17.2 Å². The van der Waals surface area contributed by atoms with Gasteiger partial charge in [-0.3, -0.25) is 4.79 Å². The quantitative estimate of drug-likeness (QED) is 0.803. The molecule has 24 heavy (non-hydrogen) atoms. The number of hydrogen-bond donors (Lipinski definition) is 0. The smallest absolute Gasteiger partial charge is 0.231 e. The van der Waals surface area contributed by atoms with Crippen molar-refractivity contribution in [3.05, 3.63) is 52.8 Å². The Hall–Kier alpha value is -2.95. The molecule has 0 bridgehead atoms. The van der Waals surface area contributed by atoms with Crippen LogP contribution in [-0.2, 0) is 0 Å². The van der Waals surface area contributed by atoms with Crippen LogP contribution in [0.1, 0.15) is 21.5 Å². The summed E-state index contributed by atoms with van der Waals surface area (Å²) < 4.78 is 21.6.